The van der Waals surface area contributed by atoms with E-state index < -0.39 is 22.7 Å². The summed E-state index contributed by atoms with van der Waals surface area (Å²) in [6.07, 6.45) is 1.16. The van der Waals surface area contributed by atoms with Gasteiger partial charge in [-0.1, -0.05) is 6.07 Å². The van der Waals surface area contributed by atoms with Gasteiger partial charge in [0.25, 0.3) is 0 Å². The van der Waals surface area contributed by atoms with E-state index in [1.165, 1.54) is 31.4 Å². The van der Waals surface area contributed by atoms with E-state index in [0.29, 0.717) is 0 Å². The SMILES string of the molecule is COc1cc2occ(-c3ccc(O)c(O)c3)c(=O)c2c(O)c1O. The molecule has 1 heterocycles. The van der Waals surface area contributed by atoms with Crippen molar-refractivity contribution in [1.29, 1.82) is 0 Å². The monoisotopic (exact) mass is 316 g/mol. The molecule has 7 nitrogen and oxygen atoms in total. The van der Waals surface area contributed by atoms with Crippen molar-refractivity contribution >= 4 is 11.0 Å². The molecule has 7 heteroatoms. The Morgan fingerprint density at radius 1 is 1.00 bits per heavy atom. The molecule has 0 spiro atoms. The maximum atomic E-state index is 12.6. The molecular formula is C16H12O7. The Hall–Kier alpha value is -3.35. The van der Waals surface area contributed by atoms with Crippen molar-refractivity contribution in [3.63, 3.8) is 0 Å². The molecule has 0 atom stereocenters. The highest BCUT2D eigenvalue weighted by molar-refractivity contribution is 5.91. The van der Waals surface area contributed by atoms with E-state index in [0.717, 1.165) is 6.26 Å². The summed E-state index contributed by atoms with van der Waals surface area (Å²) in [6, 6.07) is 5.10. The molecule has 0 saturated carbocycles. The first-order valence-electron chi connectivity index (χ1n) is 6.50. The van der Waals surface area contributed by atoms with Crippen LogP contribution in [0.2, 0.25) is 0 Å². The summed E-state index contributed by atoms with van der Waals surface area (Å²) in [6.45, 7) is 0. The van der Waals surface area contributed by atoms with Crippen molar-refractivity contribution in [2.45, 2.75) is 0 Å². The van der Waals surface area contributed by atoms with E-state index in [4.69, 9.17) is 9.15 Å². The third kappa shape index (κ3) is 2.18. The Labute approximate surface area is 129 Å². The summed E-state index contributed by atoms with van der Waals surface area (Å²) in [5, 5.41) is 38.5. The lowest BCUT2D eigenvalue weighted by Crippen LogP contribution is -2.05. The first-order valence-corrected chi connectivity index (χ1v) is 6.50. The van der Waals surface area contributed by atoms with Crippen molar-refractivity contribution in [2.75, 3.05) is 7.11 Å². The van der Waals surface area contributed by atoms with Gasteiger partial charge in [0.1, 0.15) is 17.2 Å². The summed E-state index contributed by atoms with van der Waals surface area (Å²) >= 11 is 0. The van der Waals surface area contributed by atoms with Gasteiger partial charge in [-0.05, 0) is 17.7 Å². The molecule has 3 rings (SSSR count). The summed E-state index contributed by atoms with van der Waals surface area (Å²) in [5.74, 6) is -1.99. The van der Waals surface area contributed by atoms with Crippen LogP contribution in [0.3, 0.4) is 0 Å². The quantitative estimate of drug-likeness (QED) is 0.535. The van der Waals surface area contributed by atoms with Crippen molar-refractivity contribution < 1.29 is 29.6 Å². The Kier molecular flexibility index (Phi) is 3.25. The molecule has 1 aromatic heterocycles. The average molecular weight is 316 g/mol. The van der Waals surface area contributed by atoms with Crippen LogP contribution in [-0.4, -0.2) is 27.5 Å². The highest BCUT2D eigenvalue weighted by Crippen LogP contribution is 2.41. The first kappa shape index (κ1) is 14.6. The number of ether oxygens (including phenoxy) is 1. The second-order valence-corrected chi connectivity index (χ2v) is 4.83. The van der Waals surface area contributed by atoms with Crippen molar-refractivity contribution in [1.82, 2.24) is 0 Å². The predicted octanol–water partition coefficient (Wildman–Crippen LogP) is 2.29. The molecule has 2 aromatic carbocycles. The van der Waals surface area contributed by atoms with Gasteiger partial charge in [0, 0.05) is 6.07 Å². The standard InChI is InChI=1S/C16H12O7/c1-22-12-5-11-13(16(21)15(12)20)14(19)8(6-23-11)7-2-3-9(17)10(18)4-7/h2-6,17-18,20-21H,1H3. The van der Waals surface area contributed by atoms with E-state index >= 15 is 0 Å². The summed E-state index contributed by atoms with van der Waals surface area (Å²) in [4.78, 5) is 12.6. The largest absolute Gasteiger partial charge is 0.504 e. The minimum Gasteiger partial charge on any atom is -0.504 e. The lowest BCUT2D eigenvalue weighted by molar-refractivity contribution is 0.352. The summed E-state index contributed by atoms with van der Waals surface area (Å²) < 4.78 is 10.2. The number of hydrogen-bond acceptors (Lipinski definition) is 7. The van der Waals surface area contributed by atoms with E-state index in [9.17, 15) is 25.2 Å². The van der Waals surface area contributed by atoms with Crippen molar-refractivity contribution in [3.8, 4) is 39.9 Å². The second kappa shape index (κ2) is 5.13. The van der Waals surface area contributed by atoms with E-state index in [2.05, 4.69) is 0 Å². The van der Waals surface area contributed by atoms with Crippen LogP contribution < -0.4 is 10.2 Å². The van der Waals surface area contributed by atoms with Crippen LogP contribution in [0, 0.1) is 0 Å². The zero-order valence-electron chi connectivity index (χ0n) is 11.9. The van der Waals surface area contributed by atoms with Crippen LogP contribution in [0.25, 0.3) is 22.1 Å². The topological polar surface area (TPSA) is 120 Å². The molecule has 0 radical (unpaired) electrons. The minimum atomic E-state index is -0.655. The van der Waals surface area contributed by atoms with Crippen LogP contribution in [0.15, 0.2) is 39.7 Å². The Morgan fingerprint density at radius 3 is 2.39 bits per heavy atom. The third-order valence-electron chi connectivity index (χ3n) is 3.48. The van der Waals surface area contributed by atoms with Gasteiger partial charge in [-0.15, -0.1) is 0 Å². The highest BCUT2D eigenvalue weighted by atomic mass is 16.5. The van der Waals surface area contributed by atoms with Gasteiger partial charge in [-0.3, -0.25) is 4.79 Å². The van der Waals surface area contributed by atoms with Gasteiger partial charge < -0.3 is 29.6 Å². The molecule has 0 aliphatic heterocycles. The van der Waals surface area contributed by atoms with E-state index in [-0.39, 0.29) is 33.6 Å². The number of phenolic OH excluding ortho intramolecular Hbond substituents is 4. The molecule has 0 fully saturated rings. The highest BCUT2D eigenvalue weighted by Gasteiger charge is 2.19. The zero-order chi connectivity index (χ0) is 16.7. The van der Waals surface area contributed by atoms with Crippen LogP contribution in [0.4, 0.5) is 0 Å². The Bertz CT molecular complexity index is 972. The molecule has 3 aromatic rings. The fourth-order valence-electron chi connectivity index (χ4n) is 2.28. The van der Waals surface area contributed by atoms with Gasteiger partial charge in [-0.25, -0.2) is 0 Å². The molecule has 0 unspecified atom stereocenters. The predicted molar refractivity (Wildman–Crippen MR) is 81.1 cm³/mol. The maximum Gasteiger partial charge on any atom is 0.204 e. The number of methoxy groups -OCH3 is 1. The molecule has 0 aliphatic carbocycles. The van der Waals surface area contributed by atoms with Crippen molar-refractivity contribution in [2.24, 2.45) is 0 Å². The molecule has 0 bridgehead atoms. The number of hydrogen-bond donors (Lipinski definition) is 4. The molecule has 0 amide bonds. The minimum absolute atomic E-state index is 0.0341. The van der Waals surface area contributed by atoms with Crippen LogP contribution in [-0.2, 0) is 0 Å². The number of fused-ring (bicyclic) bond motifs is 1. The lowest BCUT2D eigenvalue weighted by atomic mass is 10.0. The number of phenols is 4. The molecule has 0 aliphatic rings. The van der Waals surface area contributed by atoms with Gasteiger partial charge in [0.2, 0.25) is 11.2 Å². The zero-order valence-corrected chi connectivity index (χ0v) is 11.9. The fraction of sp³-hybridized carbons (Fsp3) is 0.0625. The Balaban J connectivity index is 2.33. The van der Waals surface area contributed by atoms with Crippen LogP contribution in [0.5, 0.6) is 28.7 Å². The van der Waals surface area contributed by atoms with E-state index in [1.807, 2.05) is 0 Å². The summed E-state index contributed by atoms with van der Waals surface area (Å²) in [7, 11) is 1.30. The molecule has 23 heavy (non-hydrogen) atoms. The average Bonchev–Trinajstić information content (AvgIpc) is 2.53. The Morgan fingerprint density at radius 2 is 1.74 bits per heavy atom. The van der Waals surface area contributed by atoms with Gasteiger partial charge in [0.05, 0.1) is 12.7 Å². The first-order chi connectivity index (χ1) is 10.9. The third-order valence-corrected chi connectivity index (χ3v) is 3.48. The number of benzene rings is 2. The normalized spacial score (nSPS) is 10.8. The molecule has 4 N–H and O–H groups in total. The lowest BCUT2D eigenvalue weighted by Gasteiger charge is -2.09. The number of rotatable bonds is 2. The van der Waals surface area contributed by atoms with Gasteiger partial charge >= 0.3 is 0 Å². The molecule has 118 valence electrons. The van der Waals surface area contributed by atoms with Crippen molar-refractivity contribution in [3.05, 3.63) is 40.8 Å². The second-order valence-electron chi connectivity index (χ2n) is 4.83. The molecular weight excluding hydrogens is 304 g/mol. The van der Waals surface area contributed by atoms with Crippen LogP contribution >= 0.6 is 0 Å². The van der Waals surface area contributed by atoms with Gasteiger partial charge in [-0.2, -0.15) is 0 Å². The van der Waals surface area contributed by atoms with E-state index in [1.54, 1.807) is 0 Å². The maximum absolute atomic E-state index is 12.6. The van der Waals surface area contributed by atoms with Gasteiger partial charge in [0.15, 0.2) is 23.0 Å². The molecule has 0 saturated heterocycles. The van der Waals surface area contributed by atoms with Crippen LogP contribution in [0.1, 0.15) is 0 Å². The summed E-state index contributed by atoms with van der Waals surface area (Å²) in [5.41, 5.74) is -0.237. The number of aromatic hydroxyl groups is 4. The fourth-order valence-corrected chi connectivity index (χ4v) is 2.28. The smallest absolute Gasteiger partial charge is 0.204 e.